The minimum absolute atomic E-state index is 0.0892. The van der Waals surface area contributed by atoms with Gasteiger partial charge in [0.15, 0.2) is 6.79 Å². The molecule has 3 rings (SSSR count). The van der Waals surface area contributed by atoms with Crippen molar-refractivity contribution in [2.75, 3.05) is 31.5 Å². The van der Waals surface area contributed by atoms with Crippen LogP contribution in [0.2, 0.25) is 25.7 Å². The van der Waals surface area contributed by atoms with Gasteiger partial charge in [-0.25, -0.2) is 0 Å². The molecule has 7 heteroatoms. The lowest BCUT2D eigenvalue weighted by atomic mass is 10.1. The Bertz CT molecular complexity index is 1070. The van der Waals surface area contributed by atoms with E-state index < -0.39 is 8.07 Å². The van der Waals surface area contributed by atoms with Crippen molar-refractivity contribution in [2.45, 2.75) is 45.5 Å². The van der Waals surface area contributed by atoms with E-state index in [2.05, 4.69) is 31.5 Å². The first kappa shape index (κ1) is 27.4. The Morgan fingerprint density at radius 3 is 2.36 bits per heavy atom. The molecule has 0 bridgehead atoms. The number of nitrogens with zero attached hydrogens (tertiary/aromatic N) is 2. The maximum absolute atomic E-state index is 13.6. The normalized spacial score (nSPS) is 11.2. The van der Waals surface area contributed by atoms with Gasteiger partial charge in [0.25, 0.3) is 5.91 Å². The Balaban J connectivity index is 1.62. The summed E-state index contributed by atoms with van der Waals surface area (Å²) in [5, 5.41) is 0. The molecule has 0 aliphatic heterocycles. The van der Waals surface area contributed by atoms with Gasteiger partial charge in [0.2, 0.25) is 0 Å². The van der Waals surface area contributed by atoms with E-state index in [1.165, 1.54) is 0 Å². The van der Waals surface area contributed by atoms with Crippen LogP contribution in [0.4, 0.5) is 5.69 Å². The third kappa shape index (κ3) is 8.81. The molecule has 0 unspecified atom stereocenters. The number of anilines is 1. The average Bonchev–Trinajstić information content (AvgIpc) is 2.87. The van der Waals surface area contributed by atoms with Gasteiger partial charge < -0.3 is 19.1 Å². The topological polar surface area (TPSA) is 60.9 Å². The SMILES string of the molecule is CCCN(C(=O)c1ccccc1OCCc1ccccn1)c1ccc(OCOCC[Si](C)(C)C)cc1. The van der Waals surface area contributed by atoms with Crippen LogP contribution in [0.3, 0.4) is 0 Å². The zero-order valence-electron chi connectivity index (χ0n) is 21.9. The first-order chi connectivity index (χ1) is 17.4. The summed E-state index contributed by atoms with van der Waals surface area (Å²) in [5.74, 6) is 1.21. The van der Waals surface area contributed by atoms with Crippen molar-refractivity contribution in [1.82, 2.24) is 4.98 Å². The molecule has 0 atom stereocenters. The maximum atomic E-state index is 13.6. The Labute approximate surface area is 216 Å². The van der Waals surface area contributed by atoms with Crippen LogP contribution in [0.15, 0.2) is 72.9 Å². The number of benzene rings is 2. The second-order valence-electron chi connectivity index (χ2n) is 9.85. The summed E-state index contributed by atoms with van der Waals surface area (Å²) in [6.07, 6.45) is 3.27. The van der Waals surface area contributed by atoms with Gasteiger partial charge in [0.05, 0.1) is 12.2 Å². The lowest BCUT2D eigenvalue weighted by Crippen LogP contribution is -2.32. The summed E-state index contributed by atoms with van der Waals surface area (Å²) in [4.78, 5) is 19.7. The first-order valence-electron chi connectivity index (χ1n) is 12.6. The molecule has 36 heavy (non-hydrogen) atoms. The number of pyridine rings is 1. The molecule has 0 saturated heterocycles. The first-order valence-corrected chi connectivity index (χ1v) is 16.3. The molecule has 0 fully saturated rings. The number of para-hydroxylation sites is 1. The van der Waals surface area contributed by atoms with Crippen molar-refractivity contribution >= 4 is 19.7 Å². The maximum Gasteiger partial charge on any atom is 0.262 e. The van der Waals surface area contributed by atoms with Crippen molar-refractivity contribution in [2.24, 2.45) is 0 Å². The minimum Gasteiger partial charge on any atom is -0.492 e. The lowest BCUT2D eigenvalue weighted by Gasteiger charge is -2.24. The zero-order valence-corrected chi connectivity index (χ0v) is 22.9. The number of ether oxygens (including phenoxy) is 3. The Morgan fingerprint density at radius 2 is 1.67 bits per heavy atom. The second-order valence-corrected chi connectivity index (χ2v) is 15.5. The molecular weight excluding hydrogens is 468 g/mol. The van der Waals surface area contributed by atoms with E-state index in [0.717, 1.165) is 30.5 Å². The molecule has 0 N–H and O–H groups in total. The van der Waals surface area contributed by atoms with E-state index in [1.807, 2.05) is 66.7 Å². The molecule has 1 heterocycles. The summed E-state index contributed by atoms with van der Waals surface area (Å²) in [5.41, 5.74) is 2.32. The zero-order chi connectivity index (χ0) is 25.8. The van der Waals surface area contributed by atoms with Crippen LogP contribution in [0.5, 0.6) is 11.5 Å². The molecule has 1 aromatic heterocycles. The number of rotatable bonds is 14. The van der Waals surface area contributed by atoms with Gasteiger partial charge in [0, 0.05) is 45.2 Å². The highest BCUT2D eigenvalue weighted by molar-refractivity contribution is 6.76. The molecule has 0 aliphatic rings. The van der Waals surface area contributed by atoms with Gasteiger partial charge in [0.1, 0.15) is 11.5 Å². The molecule has 0 saturated carbocycles. The summed E-state index contributed by atoms with van der Waals surface area (Å²) in [6.45, 7) is 11.0. The molecule has 0 radical (unpaired) electrons. The smallest absolute Gasteiger partial charge is 0.262 e. The molecule has 0 aliphatic carbocycles. The van der Waals surface area contributed by atoms with Gasteiger partial charge in [-0.1, -0.05) is 44.8 Å². The largest absolute Gasteiger partial charge is 0.492 e. The number of carbonyl (C=O) groups excluding carboxylic acids is 1. The fourth-order valence-electron chi connectivity index (χ4n) is 3.57. The molecule has 0 spiro atoms. The molecule has 192 valence electrons. The fraction of sp³-hybridized carbons (Fsp3) is 0.379. The second kappa shape index (κ2) is 13.8. The van der Waals surface area contributed by atoms with Crippen LogP contribution >= 0.6 is 0 Å². The average molecular weight is 507 g/mol. The summed E-state index contributed by atoms with van der Waals surface area (Å²) in [7, 11) is -1.11. The summed E-state index contributed by atoms with van der Waals surface area (Å²) >= 11 is 0. The lowest BCUT2D eigenvalue weighted by molar-refractivity contribution is 0.0220. The minimum atomic E-state index is -1.11. The molecular formula is C29H38N2O4Si. The highest BCUT2D eigenvalue weighted by Crippen LogP contribution is 2.26. The number of amides is 1. The van der Waals surface area contributed by atoms with Crippen LogP contribution in [0.25, 0.3) is 0 Å². The van der Waals surface area contributed by atoms with Gasteiger partial charge in [-0.05, 0) is 61.0 Å². The predicted molar refractivity (Wildman–Crippen MR) is 148 cm³/mol. The third-order valence-corrected chi connectivity index (χ3v) is 7.31. The third-order valence-electron chi connectivity index (χ3n) is 5.61. The summed E-state index contributed by atoms with van der Waals surface area (Å²) in [6, 6.07) is 21.9. The molecule has 6 nitrogen and oxygen atoms in total. The van der Waals surface area contributed by atoms with Gasteiger partial charge in [-0.3, -0.25) is 9.78 Å². The van der Waals surface area contributed by atoms with E-state index in [-0.39, 0.29) is 12.7 Å². The van der Waals surface area contributed by atoms with Crippen molar-refractivity contribution < 1.29 is 19.0 Å². The number of aromatic nitrogens is 1. The van der Waals surface area contributed by atoms with E-state index >= 15 is 0 Å². The Hall–Kier alpha value is -3.16. The van der Waals surface area contributed by atoms with Gasteiger partial charge in [-0.15, -0.1) is 0 Å². The highest BCUT2D eigenvalue weighted by atomic mass is 28.3. The Kier molecular flexibility index (Phi) is 10.5. The van der Waals surface area contributed by atoms with E-state index in [0.29, 0.717) is 36.6 Å². The molecule has 3 aromatic rings. The monoisotopic (exact) mass is 506 g/mol. The number of hydrogen-bond acceptors (Lipinski definition) is 5. The van der Waals surface area contributed by atoms with E-state index in [1.54, 1.807) is 11.1 Å². The van der Waals surface area contributed by atoms with E-state index in [9.17, 15) is 4.79 Å². The van der Waals surface area contributed by atoms with Crippen molar-refractivity contribution in [1.29, 1.82) is 0 Å². The number of hydrogen-bond donors (Lipinski definition) is 0. The van der Waals surface area contributed by atoms with Crippen LogP contribution in [-0.4, -0.2) is 45.5 Å². The quantitative estimate of drug-likeness (QED) is 0.143. The molecule has 1 amide bonds. The fourth-order valence-corrected chi connectivity index (χ4v) is 4.32. The van der Waals surface area contributed by atoms with Crippen LogP contribution < -0.4 is 14.4 Å². The standard InChI is InChI=1S/C29H38N2O4Si/c1-5-19-31(25-13-15-26(16-14-25)35-23-33-21-22-36(2,3)4)29(32)27-11-6-7-12-28(27)34-20-17-24-10-8-9-18-30-24/h6-16,18H,5,17,19-23H2,1-4H3. The number of carbonyl (C=O) groups is 1. The van der Waals surface area contributed by atoms with Gasteiger partial charge >= 0.3 is 0 Å². The molecule has 2 aromatic carbocycles. The Morgan fingerprint density at radius 1 is 0.917 bits per heavy atom. The summed E-state index contributed by atoms with van der Waals surface area (Å²) < 4.78 is 17.4. The van der Waals surface area contributed by atoms with Crippen LogP contribution in [0.1, 0.15) is 29.4 Å². The van der Waals surface area contributed by atoms with Crippen molar-refractivity contribution in [3.8, 4) is 11.5 Å². The van der Waals surface area contributed by atoms with Gasteiger partial charge in [-0.2, -0.15) is 0 Å². The highest BCUT2D eigenvalue weighted by Gasteiger charge is 2.21. The predicted octanol–water partition coefficient (Wildman–Crippen LogP) is 6.45. The van der Waals surface area contributed by atoms with Crippen molar-refractivity contribution in [3.05, 3.63) is 84.2 Å². The van der Waals surface area contributed by atoms with Crippen molar-refractivity contribution in [3.63, 3.8) is 0 Å². The van der Waals surface area contributed by atoms with E-state index in [4.69, 9.17) is 14.2 Å². The van der Waals surface area contributed by atoms with Crippen LogP contribution in [-0.2, 0) is 11.2 Å². The van der Waals surface area contributed by atoms with Crippen LogP contribution in [0, 0.1) is 0 Å².